The number of hydrogen-bond donors (Lipinski definition) is 1. The topological polar surface area (TPSA) is 58.6 Å². The van der Waals surface area contributed by atoms with E-state index in [1.165, 1.54) is 11.8 Å². The average Bonchev–Trinajstić information content (AvgIpc) is 3.30. The second kappa shape index (κ2) is 12.2. The Morgan fingerprint density at radius 2 is 1.88 bits per heavy atom. The summed E-state index contributed by atoms with van der Waals surface area (Å²) in [5, 5.41) is 3.82. The maximum Gasteiger partial charge on any atom is 0.242 e. The fourth-order valence-corrected chi connectivity index (χ4v) is 4.98. The molecule has 0 aliphatic heterocycles. The zero-order valence-corrected chi connectivity index (χ0v) is 20.3. The number of halogens is 1. The molecule has 0 radical (unpaired) electrons. The minimum absolute atomic E-state index is 0.0612. The molecule has 32 heavy (non-hydrogen) atoms. The van der Waals surface area contributed by atoms with Crippen molar-refractivity contribution in [2.75, 3.05) is 12.9 Å². The van der Waals surface area contributed by atoms with E-state index in [1.807, 2.05) is 55.5 Å². The number of rotatable bonds is 10. The molecule has 1 fully saturated rings. The Morgan fingerprint density at radius 3 is 2.59 bits per heavy atom. The lowest BCUT2D eigenvalue weighted by atomic mass is 10.1. The van der Waals surface area contributed by atoms with Crippen molar-refractivity contribution in [3.05, 3.63) is 64.7 Å². The molecular formula is C25H31ClN2O3S. The summed E-state index contributed by atoms with van der Waals surface area (Å²) in [6, 6.07) is 14.9. The number of nitrogens with one attached hydrogen (secondary N) is 1. The van der Waals surface area contributed by atoms with Crippen molar-refractivity contribution < 1.29 is 14.3 Å². The molecule has 1 atom stereocenters. The van der Waals surface area contributed by atoms with Crippen LogP contribution >= 0.6 is 23.4 Å². The van der Waals surface area contributed by atoms with Gasteiger partial charge in [0.15, 0.2) is 0 Å². The van der Waals surface area contributed by atoms with Gasteiger partial charge in [-0.1, -0.05) is 48.7 Å². The van der Waals surface area contributed by atoms with Gasteiger partial charge in [0, 0.05) is 23.4 Å². The summed E-state index contributed by atoms with van der Waals surface area (Å²) in [5.74, 6) is 1.55. The molecule has 1 N–H and O–H groups in total. The first-order chi connectivity index (χ1) is 15.5. The van der Waals surface area contributed by atoms with Crippen LogP contribution in [0.3, 0.4) is 0 Å². The van der Waals surface area contributed by atoms with E-state index in [0.717, 1.165) is 42.6 Å². The highest BCUT2D eigenvalue weighted by Crippen LogP contribution is 2.21. The second-order valence-electron chi connectivity index (χ2n) is 8.16. The predicted molar refractivity (Wildman–Crippen MR) is 131 cm³/mol. The van der Waals surface area contributed by atoms with Gasteiger partial charge in [-0.25, -0.2) is 0 Å². The Labute approximate surface area is 199 Å². The molecule has 5 nitrogen and oxygen atoms in total. The number of ether oxygens (including phenoxy) is 1. The molecule has 1 saturated carbocycles. The van der Waals surface area contributed by atoms with Crippen molar-refractivity contribution in [1.29, 1.82) is 0 Å². The second-order valence-corrected chi connectivity index (χ2v) is 9.58. The van der Waals surface area contributed by atoms with E-state index in [-0.39, 0.29) is 23.6 Å². The minimum Gasteiger partial charge on any atom is -0.497 e. The summed E-state index contributed by atoms with van der Waals surface area (Å²) in [5.41, 5.74) is 2.00. The number of hydrogen-bond acceptors (Lipinski definition) is 4. The van der Waals surface area contributed by atoms with Crippen LogP contribution in [0.15, 0.2) is 48.5 Å². The number of carbonyl (C=O) groups is 2. The van der Waals surface area contributed by atoms with Crippen molar-refractivity contribution in [2.24, 2.45) is 0 Å². The monoisotopic (exact) mass is 474 g/mol. The van der Waals surface area contributed by atoms with Gasteiger partial charge in [0.25, 0.3) is 0 Å². The van der Waals surface area contributed by atoms with Gasteiger partial charge in [0.1, 0.15) is 11.8 Å². The molecule has 2 aromatic rings. The average molecular weight is 475 g/mol. The van der Waals surface area contributed by atoms with Gasteiger partial charge in [-0.2, -0.15) is 0 Å². The third kappa shape index (κ3) is 7.17. The molecule has 0 saturated heterocycles. The normalized spacial score (nSPS) is 14.7. The van der Waals surface area contributed by atoms with Crippen LogP contribution in [0.2, 0.25) is 5.02 Å². The first kappa shape index (κ1) is 24.5. The van der Waals surface area contributed by atoms with Crippen LogP contribution in [0, 0.1) is 0 Å². The van der Waals surface area contributed by atoms with Crippen molar-refractivity contribution in [2.45, 2.75) is 57.0 Å². The quantitative estimate of drug-likeness (QED) is 0.523. The molecule has 172 valence electrons. The van der Waals surface area contributed by atoms with Gasteiger partial charge < -0.3 is 15.0 Å². The third-order valence-corrected chi connectivity index (χ3v) is 6.96. The van der Waals surface area contributed by atoms with Crippen LogP contribution in [0.4, 0.5) is 0 Å². The molecule has 3 rings (SSSR count). The standard InChI is InChI=1S/C25H31ClN2O3S/c1-18(25(30)27-22-10-3-4-11-22)28(15-19-7-6-12-23(14-19)31-2)24(29)17-32-16-20-8-5-9-21(26)13-20/h5-9,12-14,18,22H,3-4,10-11,15-17H2,1-2H3,(H,27,30). The molecular weight excluding hydrogens is 444 g/mol. The predicted octanol–water partition coefficient (Wildman–Crippen LogP) is 5.06. The summed E-state index contributed by atoms with van der Waals surface area (Å²) in [6.45, 7) is 2.16. The molecule has 0 aromatic heterocycles. The van der Waals surface area contributed by atoms with Crippen LogP contribution in [-0.2, 0) is 21.9 Å². The number of carbonyl (C=O) groups excluding carboxylic acids is 2. The highest BCUT2D eigenvalue weighted by Gasteiger charge is 2.28. The molecule has 1 aliphatic rings. The summed E-state index contributed by atoms with van der Waals surface area (Å²) >= 11 is 7.58. The molecule has 0 heterocycles. The molecule has 0 bridgehead atoms. The van der Waals surface area contributed by atoms with Gasteiger partial charge >= 0.3 is 0 Å². The van der Waals surface area contributed by atoms with Crippen LogP contribution in [0.1, 0.15) is 43.7 Å². The largest absolute Gasteiger partial charge is 0.497 e. The maximum absolute atomic E-state index is 13.2. The molecule has 1 aliphatic carbocycles. The molecule has 2 amide bonds. The van der Waals surface area contributed by atoms with E-state index in [4.69, 9.17) is 16.3 Å². The molecule has 1 unspecified atom stereocenters. The van der Waals surface area contributed by atoms with Crippen LogP contribution in [0.5, 0.6) is 5.75 Å². The van der Waals surface area contributed by atoms with E-state index in [2.05, 4.69) is 5.32 Å². The Morgan fingerprint density at radius 1 is 1.16 bits per heavy atom. The van der Waals surface area contributed by atoms with Crippen molar-refractivity contribution in [3.8, 4) is 5.75 Å². The number of nitrogens with zero attached hydrogens (tertiary/aromatic N) is 1. The van der Waals surface area contributed by atoms with Crippen LogP contribution < -0.4 is 10.1 Å². The first-order valence-corrected chi connectivity index (χ1v) is 12.5. The fourth-order valence-electron chi connectivity index (χ4n) is 3.91. The van der Waals surface area contributed by atoms with Gasteiger partial charge in [-0.15, -0.1) is 11.8 Å². The van der Waals surface area contributed by atoms with E-state index in [9.17, 15) is 9.59 Å². The van der Waals surface area contributed by atoms with Gasteiger partial charge in [-0.3, -0.25) is 9.59 Å². The van der Waals surface area contributed by atoms with Gasteiger partial charge in [-0.05, 0) is 55.2 Å². The lowest BCUT2D eigenvalue weighted by Gasteiger charge is -2.30. The molecule has 0 spiro atoms. The molecule has 7 heteroatoms. The number of benzene rings is 2. The summed E-state index contributed by atoms with van der Waals surface area (Å²) in [7, 11) is 1.62. The van der Waals surface area contributed by atoms with Crippen molar-refractivity contribution >= 4 is 35.2 Å². The van der Waals surface area contributed by atoms with Crippen LogP contribution in [-0.4, -0.2) is 41.7 Å². The zero-order chi connectivity index (χ0) is 22.9. The lowest BCUT2D eigenvalue weighted by molar-refractivity contribution is -0.138. The number of methoxy groups -OCH3 is 1. The Bertz CT molecular complexity index is 918. The van der Waals surface area contributed by atoms with E-state index >= 15 is 0 Å². The van der Waals surface area contributed by atoms with E-state index in [0.29, 0.717) is 17.3 Å². The minimum atomic E-state index is -0.555. The molecule has 2 aromatic carbocycles. The maximum atomic E-state index is 13.2. The van der Waals surface area contributed by atoms with Crippen LogP contribution in [0.25, 0.3) is 0 Å². The van der Waals surface area contributed by atoms with E-state index < -0.39 is 6.04 Å². The fraction of sp³-hybridized carbons (Fsp3) is 0.440. The smallest absolute Gasteiger partial charge is 0.242 e. The lowest BCUT2D eigenvalue weighted by Crippen LogP contribution is -2.50. The third-order valence-electron chi connectivity index (χ3n) is 5.74. The Balaban J connectivity index is 1.67. The van der Waals surface area contributed by atoms with Crippen molar-refractivity contribution in [1.82, 2.24) is 10.2 Å². The summed E-state index contributed by atoms with van der Waals surface area (Å²) < 4.78 is 5.32. The Kier molecular flexibility index (Phi) is 9.30. The van der Waals surface area contributed by atoms with Gasteiger partial charge in [0.05, 0.1) is 12.9 Å². The van der Waals surface area contributed by atoms with Crippen molar-refractivity contribution in [3.63, 3.8) is 0 Å². The zero-order valence-electron chi connectivity index (χ0n) is 18.7. The Hall–Kier alpha value is -2.18. The summed E-state index contributed by atoms with van der Waals surface area (Å²) in [4.78, 5) is 27.8. The highest BCUT2D eigenvalue weighted by molar-refractivity contribution is 7.99. The summed E-state index contributed by atoms with van der Waals surface area (Å²) in [6.07, 6.45) is 4.31. The number of amides is 2. The SMILES string of the molecule is COc1cccc(CN(C(=O)CSCc2cccc(Cl)c2)C(C)C(=O)NC2CCCC2)c1. The van der Waals surface area contributed by atoms with E-state index in [1.54, 1.807) is 12.0 Å². The van der Waals surface area contributed by atoms with Gasteiger partial charge in [0.2, 0.25) is 11.8 Å². The number of thioether (sulfide) groups is 1. The first-order valence-electron chi connectivity index (χ1n) is 11.0. The highest BCUT2D eigenvalue weighted by atomic mass is 35.5.